The summed E-state index contributed by atoms with van der Waals surface area (Å²) in [5.41, 5.74) is 0. The molecule has 2 heterocycles. The maximum Gasteiger partial charge on any atom is 0.167 e. The van der Waals surface area contributed by atoms with Crippen molar-refractivity contribution in [1.82, 2.24) is 10.3 Å². The average Bonchev–Trinajstić information content (AvgIpc) is 2.36. The van der Waals surface area contributed by atoms with E-state index < -0.39 is 0 Å². The Bertz CT molecular complexity index is 400. The first-order valence-electron chi connectivity index (χ1n) is 6.47. The van der Waals surface area contributed by atoms with Crippen molar-refractivity contribution in [3.8, 4) is 0 Å². The number of piperidine rings is 1. The lowest BCUT2D eigenvalue weighted by atomic mass is 9.98. The normalized spacial score (nSPS) is 20.2. The Kier molecular flexibility index (Phi) is 4.78. The van der Waals surface area contributed by atoms with E-state index in [1.165, 1.54) is 18.7 Å². The van der Waals surface area contributed by atoms with Gasteiger partial charge in [0.2, 0.25) is 0 Å². The van der Waals surface area contributed by atoms with Gasteiger partial charge in [-0.05, 0) is 37.9 Å². The van der Waals surface area contributed by atoms with Crippen molar-refractivity contribution < 1.29 is 4.39 Å². The zero-order valence-electron chi connectivity index (χ0n) is 10.6. The van der Waals surface area contributed by atoms with Crippen LogP contribution in [0.25, 0.3) is 0 Å². The fourth-order valence-electron chi connectivity index (χ4n) is 2.41. The van der Waals surface area contributed by atoms with Crippen molar-refractivity contribution in [1.29, 1.82) is 0 Å². The Balaban J connectivity index is 2.03. The summed E-state index contributed by atoms with van der Waals surface area (Å²) in [6, 6.07) is 1.33. The third-order valence-corrected chi connectivity index (χ3v) is 3.50. The smallest absolute Gasteiger partial charge is 0.167 e. The van der Waals surface area contributed by atoms with Crippen LogP contribution in [0.4, 0.5) is 10.2 Å². The predicted octanol–water partition coefficient (Wildman–Crippen LogP) is 2.70. The van der Waals surface area contributed by atoms with E-state index in [0.29, 0.717) is 16.8 Å². The van der Waals surface area contributed by atoms with Crippen LogP contribution in [-0.2, 0) is 0 Å². The molecule has 1 saturated heterocycles. The number of anilines is 1. The van der Waals surface area contributed by atoms with Crippen molar-refractivity contribution in [2.45, 2.75) is 19.8 Å². The molecule has 1 unspecified atom stereocenters. The Labute approximate surface area is 112 Å². The molecular weight excluding hydrogens is 253 g/mol. The highest BCUT2D eigenvalue weighted by Gasteiger charge is 2.22. The van der Waals surface area contributed by atoms with E-state index in [1.54, 1.807) is 0 Å². The lowest BCUT2D eigenvalue weighted by molar-refractivity contribution is 0.391. The molecule has 1 fully saturated rings. The fourth-order valence-corrected chi connectivity index (χ4v) is 2.56. The molecule has 0 amide bonds. The van der Waals surface area contributed by atoms with Gasteiger partial charge in [-0.25, -0.2) is 9.37 Å². The molecule has 0 bridgehead atoms. The molecule has 5 heteroatoms. The molecule has 0 saturated carbocycles. The van der Waals surface area contributed by atoms with E-state index in [4.69, 9.17) is 11.6 Å². The second-order valence-corrected chi connectivity index (χ2v) is 5.16. The van der Waals surface area contributed by atoms with Gasteiger partial charge in [-0.3, -0.25) is 0 Å². The minimum atomic E-state index is -0.327. The number of halogens is 2. The summed E-state index contributed by atoms with van der Waals surface area (Å²) in [5, 5.41) is 3.70. The van der Waals surface area contributed by atoms with Crippen molar-refractivity contribution in [3.05, 3.63) is 23.1 Å². The molecule has 0 spiro atoms. The van der Waals surface area contributed by atoms with Gasteiger partial charge in [-0.15, -0.1) is 0 Å². The van der Waals surface area contributed by atoms with E-state index in [9.17, 15) is 4.39 Å². The van der Waals surface area contributed by atoms with E-state index in [0.717, 1.165) is 32.6 Å². The van der Waals surface area contributed by atoms with Crippen LogP contribution in [0.5, 0.6) is 0 Å². The van der Waals surface area contributed by atoms with Gasteiger partial charge in [0.1, 0.15) is 0 Å². The van der Waals surface area contributed by atoms with Crippen LogP contribution in [0.1, 0.15) is 19.8 Å². The van der Waals surface area contributed by atoms with Gasteiger partial charge in [-0.2, -0.15) is 0 Å². The molecule has 100 valence electrons. The number of nitrogens with zero attached hydrogens (tertiary/aromatic N) is 2. The van der Waals surface area contributed by atoms with Crippen LogP contribution in [0, 0.1) is 11.7 Å². The quantitative estimate of drug-likeness (QED) is 0.913. The molecule has 18 heavy (non-hydrogen) atoms. The first-order valence-corrected chi connectivity index (χ1v) is 6.85. The highest BCUT2D eigenvalue weighted by molar-refractivity contribution is 6.30. The SMILES string of the molecule is CCNCC1CCCN(c2ncc(Cl)cc2F)C1. The summed E-state index contributed by atoms with van der Waals surface area (Å²) in [6.45, 7) is 5.79. The van der Waals surface area contributed by atoms with Crippen molar-refractivity contribution in [2.24, 2.45) is 5.92 Å². The molecule has 2 rings (SSSR count). The second-order valence-electron chi connectivity index (χ2n) is 4.72. The van der Waals surface area contributed by atoms with Crippen LogP contribution < -0.4 is 10.2 Å². The van der Waals surface area contributed by atoms with Gasteiger partial charge in [-0.1, -0.05) is 18.5 Å². The van der Waals surface area contributed by atoms with Gasteiger partial charge in [0.15, 0.2) is 11.6 Å². The third-order valence-electron chi connectivity index (χ3n) is 3.29. The summed E-state index contributed by atoms with van der Waals surface area (Å²) < 4.78 is 13.8. The number of nitrogens with one attached hydrogen (secondary N) is 1. The molecule has 3 nitrogen and oxygen atoms in total. The number of hydrogen-bond donors (Lipinski definition) is 1. The van der Waals surface area contributed by atoms with Crippen LogP contribution in [0.2, 0.25) is 5.02 Å². The highest BCUT2D eigenvalue weighted by Crippen LogP contribution is 2.25. The number of hydrogen-bond acceptors (Lipinski definition) is 3. The Morgan fingerprint density at radius 3 is 3.17 bits per heavy atom. The second kappa shape index (κ2) is 6.34. The van der Waals surface area contributed by atoms with Gasteiger partial charge < -0.3 is 10.2 Å². The zero-order valence-corrected chi connectivity index (χ0v) is 11.4. The lowest BCUT2D eigenvalue weighted by Gasteiger charge is -2.33. The molecule has 1 N–H and O–H groups in total. The summed E-state index contributed by atoms with van der Waals surface area (Å²) in [5.74, 6) is 0.669. The van der Waals surface area contributed by atoms with Gasteiger partial charge in [0.05, 0.1) is 5.02 Å². The summed E-state index contributed by atoms with van der Waals surface area (Å²) in [4.78, 5) is 6.14. The van der Waals surface area contributed by atoms with Gasteiger partial charge in [0.25, 0.3) is 0 Å². The number of rotatable bonds is 4. The summed E-state index contributed by atoms with van der Waals surface area (Å²) in [7, 11) is 0. The molecule has 1 aliphatic heterocycles. The molecule has 1 aliphatic rings. The van der Waals surface area contributed by atoms with Crippen molar-refractivity contribution in [3.63, 3.8) is 0 Å². The molecule has 1 aromatic rings. The van der Waals surface area contributed by atoms with Gasteiger partial charge in [0, 0.05) is 19.3 Å². The molecule has 1 atom stereocenters. The highest BCUT2D eigenvalue weighted by atomic mass is 35.5. The summed E-state index contributed by atoms with van der Waals surface area (Å²) in [6.07, 6.45) is 3.78. The van der Waals surface area contributed by atoms with E-state index in [2.05, 4.69) is 17.2 Å². The van der Waals surface area contributed by atoms with Crippen LogP contribution in [-0.4, -0.2) is 31.2 Å². The van der Waals surface area contributed by atoms with Crippen LogP contribution in [0.3, 0.4) is 0 Å². The Morgan fingerprint density at radius 1 is 1.61 bits per heavy atom. The van der Waals surface area contributed by atoms with E-state index in [1.807, 2.05) is 4.90 Å². The Morgan fingerprint density at radius 2 is 2.44 bits per heavy atom. The first kappa shape index (κ1) is 13.6. The third kappa shape index (κ3) is 3.33. The van der Waals surface area contributed by atoms with Gasteiger partial charge >= 0.3 is 0 Å². The average molecular weight is 272 g/mol. The first-order chi connectivity index (χ1) is 8.70. The van der Waals surface area contributed by atoms with Crippen LogP contribution >= 0.6 is 11.6 Å². The minimum absolute atomic E-state index is 0.327. The van der Waals surface area contributed by atoms with Crippen LogP contribution in [0.15, 0.2) is 12.3 Å². The monoisotopic (exact) mass is 271 g/mol. The molecule has 0 aromatic carbocycles. The van der Waals surface area contributed by atoms with Crippen molar-refractivity contribution >= 4 is 17.4 Å². The predicted molar refractivity (Wildman–Crippen MR) is 72.7 cm³/mol. The van der Waals surface area contributed by atoms with E-state index >= 15 is 0 Å². The minimum Gasteiger partial charge on any atom is -0.354 e. The maximum absolute atomic E-state index is 13.8. The molecular formula is C13H19ClFN3. The topological polar surface area (TPSA) is 28.2 Å². The molecule has 1 aromatic heterocycles. The maximum atomic E-state index is 13.8. The number of pyridine rings is 1. The zero-order chi connectivity index (χ0) is 13.0. The number of aromatic nitrogens is 1. The largest absolute Gasteiger partial charge is 0.354 e. The Hall–Kier alpha value is -0.870. The summed E-state index contributed by atoms with van der Waals surface area (Å²) >= 11 is 5.72. The lowest BCUT2D eigenvalue weighted by Crippen LogP contribution is -2.40. The van der Waals surface area contributed by atoms with Crippen molar-refractivity contribution in [2.75, 3.05) is 31.1 Å². The molecule has 0 aliphatic carbocycles. The standard InChI is InChI=1S/C13H19ClFN3/c1-2-16-7-10-4-3-5-18(9-10)13-12(15)6-11(14)8-17-13/h6,8,10,16H,2-5,7,9H2,1H3. The fraction of sp³-hybridized carbons (Fsp3) is 0.615. The molecule has 0 radical (unpaired) electrons. The van der Waals surface area contributed by atoms with E-state index in [-0.39, 0.29) is 5.82 Å².